The Balaban J connectivity index is 2.08. The summed E-state index contributed by atoms with van der Waals surface area (Å²) in [5, 5.41) is 2.58. The minimum absolute atomic E-state index is 0.440. The van der Waals surface area contributed by atoms with E-state index in [4.69, 9.17) is 9.15 Å². The summed E-state index contributed by atoms with van der Waals surface area (Å²) in [4.78, 5) is 19.0. The fourth-order valence-electron chi connectivity index (χ4n) is 1.91. The number of carbonyl (C=O) groups is 1. The molecule has 6 nitrogen and oxygen atoms in total. The Labute approximate surface area is 114 Å². The topological polar surface area (TPSA) is 77.2 Å². The van der Waals surface area contributed by atoms with Gasteiger partial charge in [0.25, 0.3) is 0 Å². The number of rotatable bonds is 4. The summed E-state index contributed by atoms with van der Waals surface area (Å²) in [6, 6.07) is 8.86. The summed E-state index contributed by atoms with van der Waals surface area (Å²) in [5.74, 6) is 1.00. The maximum Gasteiger partial charge on any atom is 0.228 e. The zero-order valence-corrected chi connectivity index (χ0v) is 10.7. The molecule has 100 valence electrons. The number of benzene rings is 1. The number of hydrogen-bond donors (Lipinski definition) is 1. The molecule has 1 N–H and O–H groups in total. The quantitative estimate of drug-likeness (QED) is 0.736. The van der Waals surface area contributed by atoms with Crippen molar-refractivity contribution in [2.24, 2.45) is 0 Å². The van der Waals surface area contributed by atoms with Crippen molar-refractivity contribution in [2.45, 2.75) is 0 Å². The third-order valence-electron chi connectivity index (χ3n) is 2.83. The fourth-order valence-corrected chi connectivity index (χ4v) is 1.91. The highest BCUT2D eigenvalue weighted by molar-refractivity contribution is 5.80. The number of hydrogen-bond acceptors (Lipinski definition) is 5. The van der Waals surface area contributed by atoms with E-state index in [0.717, 1.165) is 5.56 Å². The van der Waals surface area contributed by atoms with Gasteiger partial charge in [0.15, 0.2) is 11.2 Å². The van der Waals surface area contributed by atoms with Crippen LogP contribution in [0.4, 0.5) is 5.69 Å². The Kier molecular flexibility index (Phi) is 3.04. The van der Waals surface area contributed by atoms with Gasteiger partial charge in [0, 0.05) is 11.8 Å². The highest BCUT2D eigenvalue weighted by Crippen LogP contribution is 2.31. The fraction of sp³-hybridized carbons (Fsp3) is 0.0714. The molecule has 3 aromatic rings. The second-order valence-corrected chi connectivity index (χ2v) is 4.02. The molecule has 2 heterocycles. The number of methoxy groups -OCH3 is 1. The maximum atomic E-state index is 10.6. The Morgan fingerprint density at radius 2 is 2.25 bits per heavy atom. The molecular formula is C14H11N3O3. The lowest BCUT2D eigenvalue weighted by Crippen LogP contribution is -1.97. The predicted octanol–water partition coefficient (Wildman–Crippen LogP) is 2.47. The Bertz CT molecular complexity index is 734. The highest BCUT2D eigenvalue weighted by Gasteiger charge is 2.11. The number of nitrogens with one attached hydrogen (secondary N) is 1. The van der Waals surface area contributed by atoms with Gasteiger partial charge >= 0.3 is 0 Å². The van der Waals surface area contributed by atoms with Gasteiger partial charge in [-0.05, 0) is 30.3 Å². The molecule has 0 spiro atoms. The van der Waals surface area contributed by atoms with Crippen LogP contribution >= 0.6 is 0 Å². The van der Waals surface area contributed by atoms with Gasteiger partial charge in [-0.3, -0.25) is 4.79 Å². The van der Waals surface area contributed by atoms with Crippen LogP contribution < -0.4 is 10.1 Å². The molecule has 0 bridgehead atoms. The van der Waals surface area contributed by atoms with Gasteiger partial charge in [-0.15, -0.1) is 0 Å². The number of nitrogens with zero attached hydrogens (tertiary/aromatic N) is 2. The van der Waals surface area contributed by atoms with Crippen LogP contribution in [0.15, 0.2) is 40.9 Å². The molecule has 0 aliphatic rings. The SMILES string of the molecule is COc1ccc(-c2nc3ncccc3o2)cc1NC=O. The van der Waals surface area contributed by atoms with E-state index in [1.165, 1.54) is 7.11 Å². The van der Waals surface area contributed by atoms with Crippen LogP contribution in [0.3, 0.4) is 0 Å². The molecule has 0 radical (unpaired) electrons. The van der Waals surface area contributed by atoms with Gasteiger partial charge in [-0.25, -0.2) is 4.98 Å². The normalized spacial score (nSPS) is 10.4. The lowest BCUT2D eigenvalue weighted by Gasteiger charge is -2.07. The van der Waals surface area contributed by atoms with E-state index < -0.39 is 0 Å². The van der Waals surface area contributed by atoms with Crippen LogP contribution in [-0.4, -0.2) is 23.5 Å². The van der Waals surface area contributed by atoms with Crippen LogP contribution in [0.2, 0.25) is 0 Å². The monoisotopic (exact) mass is 269 g/mol. The molecule has 0 unspecified atom stereocenters. The number of oxazole rings is 1. The number of amides is 1. The van der Waals surface area contributed by atoms with Crippen molar-refractivity contribution in [3.63, 3.8) is 0 Å². The van der Waals surface area contributed by atoms with E-state index >= 15 is 0 Å². The molecule has 1 amide bonds. The number of ether oxygens (including phenoxy) is 1. The van der Waals surface area contributed by atoms with Crippen molar-refractivity contribution in [3.8, 4) is 17.2 Å². The molecule has 0 aliphatic heterocycles. The third-order valence-corrected chi connectivity index (χ3v) is 2.83. The van der Waals surface area contributed by atoms with Crippen LogP contribution in [0.25, 0.3) is 22.7 Å². The third kappa shape index (κ3) is 2.07. The van der Waals surface area contributed by atoms with Gasteiger partial charge in [-0.2, -0.15) is 4.98 Å². The summed E-state index contributed by atoms with van der Waals surface area (Å²) in [6.07, 6.45) is 2.25. The number of anilines is 1. The lowest BCUT2D eigenvalue weighted by molar-refractivity contribution is -0.105. The van der Waals surface area contributed by atoms with Gasteiger partial charge in [-0.1, -0.05) is 0 Å². The van der Waals surface area contributed by atoms with Crippen LogP contribution in [0.1, 0.15) is 0 Å². The predicted molar refractivity (Wildman–Crippen MR) is 73.5 cm³/mol. The number of carbonyl (C=O) groups excluding carboxylic acids is 1. The zero-order chi connectivity index (χ0) is 13.9. The first kappa shape index (κ1) is 12.2. The molecule has 0 saturated heterocycles. The molecule has 0 aliphatic carbocycles. The van der Waals surface area contributed by atoms with Gasteiger partial charge in [0.2, 0.25) is 12.3 Å². The zero-order valence-electron chi connectivity index (χ0n) is 10.7. The first-order valence-corrected chi connectivity index (χ1v) is 5.92. The summed E-state index contributed by atoms with van der Waals surface area (Å²) in [7, 11) is 1.54. The van der Waals surface area contributed by atoms with E-state index in [0.29, 0.717) is 35.0 Å². The highest BCUT2D eigenvalue weighted by atomic mass is 16.5. The van der Waals surface area contributed by atoms with E-state index in [9.17, 15) is 4.79 Å². The van der Waals surface area contributed by atoms with Crippen molar-refractivity contribution in [2.75, 3.05) is 12.4 Å². The molecular weight excluding hydrogens is 258 g/mol. The standard InChI is InChI=1S/C14H11N3O3/c1-19-11-5-4-9(7-10(11)16-8-18)14-17-13-12(20-14)3-2-6-15-13/h2-8H,1H3,(H,16,18). The Hall–Kier alpha value is -2.89. The molecule has 20 heavy (non-hydrogen) atoms. The number of fused-ring (bicyclic) bond motifs is 1. The average Bonchev–Trinajstić information content (AvgIpc) is 2.91. The second kappa shape index (κ2) is 5.00. The minimum Gasteiger partial charge on any atom is -0.495 e. The summed E-state index contributed by atoms with van der Waals surface area (Å²) in [5.41, 5.74) is 2.44. The molecule has 3 rings (SSSR count). The largest absolute Gasteiger partial charge is 0.495 e. The first-order chi connectivity index (χ1) is 9.81. The molecule has 0 atom stereocenters. The van der Waals surface area contributed by atoms with Crippen LogP contribution in [0.5, 0.6) is 5.75 Å². The first-order valence-electron chi connectivity index (χ1n) is 5.92. The van der Waals surface area contributed by atoms with Crippen molar-refractivity contribution >= 4 is 23.3 Å². The Morgan fingerprint density at radius 1 is 1.35 bits per heavy atom. The van der Waals surface area contributed by atoms with Crippen molar-refractivity contribution in [3.05, 3.63) is 36.5 Å². The molecule has 0 saturated carbocycles. The van der Waals surface area contributed by atoms with Gasteiger partial charge in [0.1, 0.15) is 5.75 Å². The van der Waals surface area contributed by atoms with E-state index in [2.05, 4.69) is 15.3 Å². The molecule has 2 aromatic heterocycles. The molecule has 6 heteroatoms. The van der Waals surface area contributed by atoms with Crippen molar-refractivity contribution < 1.29 is 13.9 Å². The number of pyridine rings is 1. The minimum atomic E-state index is 0.440. The van der Waals surface area contributed by atoms with Gasteiger partial charge in [0.05, 0.1) is 12.8 Å². The summed E-state index contributed by atoms with van der Waals surface area (Å²) < 4.78 is 10.8. The summed E-state index contributed by atoms with van der Waals surface area (Å²) in [6.45, 7) is 0. The second-order valence-electron chi connectivity index (χ2n) is 4.02. The molecule has 0 fully saturated rings. The van der Waals surface area contributed by atoms with E-state index in [1.807, 2.05) is 0 Å². The van der Waals surface area contributed by atoms with E-state index in [-0.39, 0.29) is 0 Å². The number of aromatic nitrogens is 2. The Morgan fingerprint density at radius 3 is 3.00 bits per heavy atom. The summed E-state index contributed by atoms with van der Waals surface area (Å²) >= 11 is 0. The van der Waals surface area contributed by atoms with Crippen molar-refractivity contribution in [1.29, 1.82) is 0 Å². The smallest absolute Gasteiger partial charge is 0.228 e. The van der Waals surface area contributed by atoms with E-state index in [1.54, 1.807) is 36.5 Å². The average molecular weight is 269 g/mol. The maximum absolute atomic E-state index is 10.6. The lowest BCUT2D eigenvalue weighted by atomic mass is 10.2. The van der Waals surface area contributed by atoms with Crippen LogP contribution in [-0.2, 0) is 4.79 Å². The van der Waals surface area contributed by atoms with Crippen molar-refractivity contribution in [1.82, 2.24) is 9.97 Å². The molecule has 1 aromatic carbocycles. The van der Waals surface area contributed by atoms with Gasteiger partial charge < -0.3 is 14.5 Å². The van der Waals surface area contributed by atoms with Crippen LogP contribution in [0, 0.1) is 0 Å².